The average Bonchev–Trinajstić information content (AvgIpc) is 3.24. The fourth-order valence-corrected chi connectivity index (χ4v) is 4.12. The molecule has 1 aromatic heterocycles. The lowest BCUT2D eigenvalue weighted by molar-refractivity contribution is 0.150. The van der Waals surface area contributed by atoms with Gasteiger partial charge in [0.2, 0.25) is 0 Å². The van der Waals surface area contributed by atoms with Crippen LogP contribution in [0.15, 0.2) is 42.5 Å². The second-order valence-corrected chi connectivity index (χ2v) is 8.06. The molecule has 31 heavy (non-hydrogen) atoms. The Labute approximate surface area is 181 Å². The zero-order valence-electron chi connectivity index (χ0n) is 18.2. The van der Waals surface area contributed by atoms with Crippen LogP contribution in [0.2, 0.25) is 0 Å². The van der Waals surface area contributed by atoms with Gasteiger partial charge < -0.3 is 9.47 Å². The van der Waals surface area contributed by atoms with Gasteiger partial charge >= 0.3 is 0 Å². The molecule has 0 spiro atoms. The fourth-order valence-electron chi connectivity index (χ4n) is 4.12. The highest BCUT2D eigenvalue weighted by atomic mass is 19.1. The third-order valence-electron chi connectivity index (χ3n) is 5.96. The van der Waals surface area contributed by atoms with Crippen molar-refractivity contribution >= 4 is 0 Å². The molecular weight excluding hydrogens is 397 g/mol. The highest BCUT2D eigenvalue weighted by Crippen LogP contribution is 2.36. The zero-order chi connectivity index (χ0) is 21.8. The third-order valence-corrected chi connectivity index (χ3v) is 5.96. The van der Waals surface area contributed by atoms with Crippen molar-refractivity contribution in [1.29, 1.82) is 0 Å². The number of piperidine rings is 1. The summed E-state index contributed by atoms with van der Waals surface area (Å²) < 4.78 is 26.1. The van der Waals surface area contributed by atoms with Crippen LogP contribution >= 0.6 is 0 Å². The van der Waals surface area contributed by atoms with E-state index in [1.54, 1.807) is 31.0 Å². The first-order chi connectivity index (χ1) is 15.1. The molecule has 4 rings (SSSR count). The van der Waals surface area contributed by atoms with Crippen molar-refractivity contribution in [3.05, 3.63) is 65.2 Å². The minimum atomic E-state index is -0.258. The van der Waals surface area contributed by atoms with Crippen LogP contribution in [-0.2, 0) is 6.54 Å². The number of tetrazole rings is 1. The molecule has 2 heterocycles. The predicted molar refractivity (Wildman–Crippen MR) is 115 cm³/mol. The highest BCUT2D eigenvalue weighted by molar-refractivity contribution is 5.45. The molecule has 0 saturated carbocycles. The Hall–Kier alpha value is -3.00. The van der Waals surface area contributed by atoms with Gasteiger partial charge in [-0.1, -0.05) is 25.1 Å². The largest absolute Gasteiger partial charge is 0.493 e. The van der Waals surface area contributed by atoms with Crippen LogP contribution in [0.5, 0.6) is 11.5 Å². The second kappa shape index (κ2) is 9.43. The number of hydrogen-bond donors (Lipinski definition) is 0. The Morgan fingerprint density at radius 3 is 2.42 bits per heavy atom. The van der Waals surface area contributed by atoms with Crippen LogP contribution in [0.4, 0.5) is 4.39 Å². The van der Waals surface area contributed by atoms with Gasteiger partial charge in [-0.2, -0.15) is 0 Å². The predicted octanol–water partition coefficient (Wildman–Crippen LogP) is 3.70. The lowest BCUT2D eigenvalue weighted by atomic mass is 9.95. The molecule has 2 aromatic carbocycles. The lowest BCUT2D eigenvalue weighted by Crippen LogP contribution is -2.38. The number of methoxy groups -OCH3 is 2. The van der Waals surface area contributed by atoms with Crippen LogP contribution in [0, 0.1) is 11.7 Å². The number of likely N-dealkylation sites (tertiary alicyclic amines) is 1. The Bertz CT molecular complexity index is 999. The SMILES string of the molecule is COc1ccc(C(c2nnnn2Cc2ccc(F)cc2)N2CCC(C)CC2)cc1OC. The lowest BCUT2D eigenvalue weighted by Gasteiger charge is -2.36. The molecule has 0 amide bonds. The maximum Gasteiger partial charge on any atom is 0.173 e. The van der Waals surface area contributed by atoms with E-state index in [0.29, 0.717) is 24.0 Å². The van der Waals surface area contributed by atoms with Gasteiger partial charge in [0.15, 0.2) is 17.3 Å². The van der Waals surface area contributed by atoms with Crippen molar-refractivity contribution in [2.45, 2.75) is 32.4 Å². The minimum absolute atomic E-state index is 0.122. The Morgan fingerprint density at radius 1 is 1.03 bits per heavy atom. The average molecular weight is 426 g/mol. The summed E-state index contributed by atoms with van der Waals surface area (Å²) in [6, 6.07) is 12.3. The first kappa shape index (κ1) is 21.2. The summed E-state index contributed by atoms with van der Waals surface area (Å²) in [4.78, 5) is 2.42. The monoisotopic (exact) mass is 425 g/mol. The molecule has 0 N–H and O–H groups in total. The van der Waals surface area contributed by atoms with Crippen LogP contribution < -0.4 is 9.47 Å². The summed E-state index contributed by atoms with van der Waals surface area (Å²) in [7, 11) is 3.27. The van der Waals surface area contributed by atoms with Crippen LogP contribution in [0.25, 0.3) is 0 Å². The van der Waals surface area contributed by atoms with Gasteiger partial charge in [0.25, 0.3) is 0 Å². The van der Waals surface area contributed by atoms with Crippen molar-refractivity contribution in [2.24, 2.45) is 5.92 Å². The highest BCUT2D eigenvalue weighted by Gasteiger charge is 2.31. The molecule has 1 fully saturated rings. The Morgan fingerprint density at radius 2 is 1.74 bits per heavy atom. The number of hydrogen-bond acceptors (Lipinski definition) is 6. The summed E-state index contributed by atoms with van der Waals surface area (Å²) in [5, 5.41) is 12.6. The topological polar surface area (TPSA) is 65.3 Å². The summed E-state index contributed by atoms with van der Waals surface area (Å²) in [5.74, 6) is 2.56. The maximum atomic E-state index is 13.3. The summed E-state index contributed by atoms with van der Waals surface area (Å²) in [6.45, 7) is 4.69. The Kier molecular flexibility index (Phi) is 6.46. The number of rotatable bonds is 7. The molecule has 0 radical (unpaired) electrons. The van der Waals surface area contributed by atoms with Gasteiger partial charge in [-0.3, -0.25) is 4.90 Å². The van der Waals surface area contributed by atoms with Gasteiger partial charge in [0.1, 0.15) is 5.82 Å². The van der Waals surface area contributed by atoms with Crippen molar-refractivity contribution in [3.63, 3.8) is 0 Å². The van der Waals surface area contributed by atoms with E-state index in [2.05, 4.69) is 27.3 Å². The summed E-state index contributed by atoms with van der Waals surface area (Å²) in [6.07, 6.45) is 2.26. The van der Waals surface area contributed by atoms with Crippen LogP contribution in [0.1, 0.15) is 42.8 Å². The van der Waals surface area contributed by atoms with E-state index < -0.39 is 0 Å². The standard InChI is InChI=1S/C23H28FN5O2/c1-16-10-12-28(13-11-16)22(18-6-9-20(30-2)21(14-18)31-3)23-25-26-27-29(23)15-17-4-7-19(24)8-5-17/h4-9,14,16,22H,10-13,15H2,1-3H3. The van der Waals surface area contributed by atoms with Crippen LogP contribution in [-0.4, -0.2) is 52.4 Å². The number of aromatic nitrogens is 4. The second-order valence-electron chi connectivity index (χ2n) is 8.06. The number of benzene rings is 2. The van der Waals surface area contributed by atoms with Crippen molar-refractivity contribution < 1.29 is 13.9 Å². The molecule has 8 heteroatoms. The molecule has 1 atom stereocenters. The maximum absolute atomic E-state index is 13.3. The van der Waals surface area contributed by atoms with E-state index in [4.69, 9.17) is 9.47 Å². The Balaban J connectivity index is 1.72. The van der Waals surface area contributed by atoms with E-state index in [-0.39, 0.29) is 11.9 Å². The third kappa shape index (κ3) is 4.69. The molecular formula is C23H28FN5O2. The van der Waals surface area contributed by atoms with E-state index in [0.717, 1.165) is 42.9 Å². The molecule has 0 bridgehead atoms. The van der Waals surface area contributed by atoms with Gasteiger partial charge in [0, 0.05) is 0 Å². The van der Waals surface area contributed by atoms with Gasteiger partial charge in [0.05, 0.1) is 26.8 Å². The summed E-state index contributed by atoms with van der Waals surface area (Å²) >= 11 is 0. The fraction of sp³-hybridized carbons (Fsp3) is 0.435. The normalized spacial score (nSPS) is 16.3. The van der Waals surface area contributed by atoms with Gasteiger partial charge in [-0.05, 0) is 77.7 Å². The molecule has 164 valence electrons. The van der Waals surface area contributed by atoms with Crippen molar-refractivity contribution in [3.8, 4) is 11.5 Å². The molecule has 1 unspecified atom stereocenters. The van der Waals surface area contributed by atoms with Crippen molar-refractivity contribution in [1.82, 2.24) is 25.1 Å². The van der Waals surface area contributed by atoms with E-state index in [9.17, 15) is 4.39 Å². The van der Waals surface area contributed by atoms with Gasteiger partial charge in [-0.25, -0.2) is 9.07 Å². The minimum Gasteiger partial charge on any atom is -0.493 e. The molecule has 1 aliphatic rings. The quantitative estimate of drug-likeness (QED) is 0.575. The first-order valence-corrected chi connectivity index (χ1v) is 10.6. The van der Waals surface area contributed by atoms with E-state index in [1.807, 2.05) is 18.2 Å². The van der Waals surface area contributed by atoms with Crippen LogP contribution in [0.3, 0.4) is 0 Å². The van der Waals surface area contributed by atoms with E-state index in [1.165, 1.54) is 12.1 Å². The smallest absolute Gasteiger partial charge is 0.173 e. The van der Waals surface area contributed by atoms with Gasteiger partial charge in [-0.15, -0.1) is 5.10 Å². The zero-order valence-corrected chi connectivity index (χ0v) is 18.2. The molecule has 0 aliphatic carbocycles. The number of halogens is 1. The molecule has 7 nitrogen and oxygen atoms in total. The number of ether oxygens (including phenoxy) is 2. The molecule has 1 aliphatic heterocycles. The summed E-state index contributed by atoms with van der Waals surface area (Å²) in [5.41, 5.74) is 1.98. The molecule has 1 saturated heterocycles. The molecule has 3 aromatic rings. The number of nitrogens with zero attached hydrogens (tertiary/aromatic N) is 5. The van der Waals surface area contributed by atoms with E-state index >= 15 is 0 Å². The van der Waals surface area contributed by atoms with Crippen molar-refractivity contribution in [2.75, 3.05) is 27.3 Å². The first-order valence-electron chi connectivity index (χ1n) is 10.6.